The Hall–Kier alpha value is -2.98. The lowest BCUT2D eigenvalue weighted by molar-refractivity contribution is -0.139. The molecule has 1 unspecified atom stereocenters. The number of ether oxygens (including phenoxy) is 2. The van der Waals surface area contributed by atoms with E-state index in [1.807, 2.05) is 0 Å². The molecule has 2 aromatic rings. The van der Waals surface area contributed by atoms with Gasteiger partial charge in [-0.25, -0.2) is 8.42 Å². The standard InChI is InChI=1S/C23H30ClN3O6S/c1-6-25-23(29)16(2)26(14-17-8-7-9-19(12-17)32-3)22(28)15-27(34(5,30)31)18-10-11-21(33-4)20(24)13-18/h7-13,16H,6,14-15H2,1-5H3,(H,25,29). The van der Waals surface area contributed by atoms with E-state index in [2.05, 4.69) is 5.32 Å². The van der Waals surface area contributed by atoms with Gasteiger partial charge in [-0.1, -0.05) is 23.7 Å². The van der Waals surface area contributed by atoms with Gasteiger partial charge in [-0.15, -0.1) is 0 Å². The van der Waals surface area contributed by atoms with Crippen molar-refractivity contribution in [3.05, 3.63) is 53.1 Å². The summed E-state index contributed by atoms with van der Waals surface area (Å²) in [6.07, 6.45) is 0.998. The highest BCUT2D eigenvalue weighted by molar-refractivity contribution is 7.92. The van der Waals surface area contributed by atoms with E-state index >= 15 is 0 Å². The van der Waals surface area contributed by atoms with Crippen molar-refractivity contribution in [2.45, 2.75) is 26.4 Å². The van der Waals surface area contributed by atoms with Gasteiger partial charge in [-0.2, -0.15) is 0 Å². The molecule has 2 rings (SSSR count). The van der Waals surface area contributed by atoms with Gasteiger partial charge in [-0.3, -0.25) is 13.9 Å². The number of anilines is 1. The minimum Gasteiger partial charge on any atom is -0.497 e. The van der Waals surface area contributed by atoms with Crippen LogP contribution in [0.15, 0.2) is 42.5 Å². The molecule has 0 aliphatic carbocycles. The molecule has 1 atom stereocenters. The molecular formula is C23H30ClN3O6S. The molecule has 0 spiro atoms. The Morgan fingerprint density at radius 2 is 1.82 bits per heavy atom. The summed E-state index contributed by atoms with van der Waals surface area (Å²) in [4.78, 5) is 27.4. The average molecular weight is 512 g/mol. The topological polar surface area (TPSA) is 105 Å². The van der Waals surface area contributed by atoms with Gasteiger partial charge in [0, 0.05) is 13.1 Å². The van der Waals surface area contributed by atoms with Crippen molar-refractivity contribution in [1.82, 2.24) is 10.2 Å². The van der Waals surface area contributed by atoms with Crippen molar-refractivity contribution in [3.63, 3.8) is 0 Å². The number of halogens is 1. The molecule has 2 aromatic carbocycles. The first-order valence-electron chi connectivity index (χ1n) is 10.5. The fraction of sp³-hybridized carbons (Fsp3) is 0.391. The maximum absolute atomic E-state index is 13.4. The number of likely N-dealkylation sites (N-methyl/N-ethyl adjacent to an activating group) is 1. The summed E-state index contributed by atoms with van der Waals surface area (Å²) in [7, 11) is -0.883. The van der Waals surface area contributed by atoms with E-state index in [1.165, 1.54) is 37.3 Å². The number of carbonyl (C=O) groups excluding carboxylic acids is 2. The highest BCUT2D eigenvalue weighted by Crippen LogP contribution is 2.30. The number of hydrogen-bond acceptors (Lipinski definition) is 6. The minimum atomic E-state index is -3.86. The molecular weight excluding hydrogens is 482 g/mol. The van der Waals surface area contributed by atoms with E-state index in [-0.39, 0.29) is 23.2 Å². The first kappa shape index (κ1) is 27.3. The Bertz CT molecular complexity index is 1130. The quantitative estimate of drug-likeness (QED) is 0.497. The first-order valence-corrected chi connectivity index (χ1v) is 12.8. The predicted molar refractivity (Wildman–Crippen MR) is 132 cm³/mol. The molecule has 0 fully saturated rings. The van der Waals surface area contributed by atoms with Crippen LogP contribution >= 0.6 is 11.6 Å². The monoisotopic (exact) mass is 511 g/mol. The van der Waals surface area contributed by atoms with Crippen LogP contribution in [0.5, 0.6) is 11.5 Å². The predicted octanol–water partition coefficient (Wildman–Crippen LogP) is 2.68. The molecule has 0 saturated carbocycles. The fourth-order valence-electron chi connectivity index (χ4n) is 3.30. The lowest BCUT2D eigenvalue weighted by Crippen LogP contribution is -2.51. The second kappa shape index (κ2) is 11.9. The molecule has 34 heavy (non-hydrogen) atoms. The van der Waals surface area contributed by atoms with E-state index < -0.39 is 28.5 Å². The number of methoxy groups -OCH3 is 2. The van der Waals surface area contributed by atoms with Crippen LogP contribution in [0.3, 0.4) is 0 Å². The normalized spacial score (nSPS) is 11.9. The van der Waals surface area contributed by atoms with Gasteiger partial charge in [0.2, 0.25) is 21.8 Å². The number of nitrogens with zero attached hydrogens (tertiary/aromatic N) is 2. The fourth-order valence-corrected chi connectivity index (χ4v) is 4.39. The van der Waals surface area contributed by atoms with Crippen molar-refractivity contribution in [1.29, 1.82) is 0 Å². The van der Waals surface area contributed by atoms with E-state index in [4.69, 9.17) is 21.1 Å². The van der Waals surface area contributed by atoms with Gasteiger partial charge in [0.05, 0.1) is 31.2 Å². The number of rotatable bonds is 11. The second-order valence-corrected chi connectivity index (χ2v) is 9.85. The zero-order valence-corrected chi connectivity index (χ0v) is 21.4. The van der Waals surface area contributed by atoms with Crippen molar-refractivity contribution in [3.8, 4) is 11.5 Å². The molecule has 0 aromatic heterocycles. The van der Waals surface area contributed by atoms with Crippen LogP contribution in [0, 0.1) is 0 Å². The second-order valence-electron chi connectivity index (χ2n) is 7.53. The lowest BCUT2D eigenvalue weighted by Gasteiger charge is -2.31. The number of carbonyl (C=O) groups is 2. The van der Waals surface area contributed by atoms with E-state index in [9.17, 15) is 18.0 Å². The molecule has 0 radical (unpaired) electrons. The summed E-state index contributed by atoms with van der Waals surface area (Å²) in [5.41, 5.74) is 0.927. The van der Waals surface area contributed by atoms with Gasteiger partial charge in [0.25, 0.3) is 0 Å². The van der Waals surface area contributed by atoms with Gasteiger partial charge in [-0.05, 0) is 49.7 Å². The third-order valence-electron chi connectivity index (χ3n) is 5.11. The van der Waals surface area contributed by atoms with Crippen LogP contribution in [0.2, 0.25) is 5.02 Å². The summed E-state index contributed by atoms with van der Waals surface area (Å²) in [5, 5.41) is 2.90. The number of nitrogens with one attached hydrogen (secondary N) is 1. The SMILES string of the molecule is CCNC(=O)C(C)N(Cc1cccc(OC)c1)C(=O)CN(c1ccc(OC)c(Cl)c1)S(C)(=O)=O. The first-order chi connectivity index (χ1) is 16.0. The van der Waals surface area contributed by atoms with Crippen molar-refractivity contribution in [2.24, 2.45) is 0 Å². The zero-order chi connectivity index (χ0) is 25.5. The molecule has 0 aliphatic rings. The minimum absolute atomic E-state index is 0.0787. The van der Waals surface area contributed by atoms with Crippen molar-refractivity contribution < 1.29 is 27.5 Å². The molecule has 186 valence electrons. The zero-order valence-electron chi connectivity index (χ0n) is 19.9. The van der Waals surface area contributed by atoms with Crippen LogP contribution < -0.4 is 19.1 Å². The van der Waals surface area contributed by atoms with Crippen LogP contribution in [-0.2, 0) is 26.2 Å². The lowest BCUT2D eigenvalue weighted by atomic mass is 10.1. The van der Waals surface area contributed by atoms with Gasteiger partial charge >= 0.3 is 0 Å². The summed E-state index contributed by atoms with van der Waals surface area (Å²) in [6, 6.07) is 10.7. The van der Waals surface area contributed by atoms with E-state index in [0.717, 1.165) is 16.1 Å². The molecule has 2 amide bonds. The number of hydrogen-bond donors (Lipinski definition) is 1. The number of amides is 2. The molecule has 0 heterocycles. The molecule has 0 saturated heterocycles. The molecule has 11 heteroatoms. The Morgan fingerprint density at radius 1 is 1.12 bits per heavy atom. The van der Waals surface area contributed by atoms with Gasteiger partial charge < -0.3 is 19.7 Å². The van der Waals surface area contributed by atoms with E-state index in [0.29, 0.717) is 18.0 Å². The van der Waals surface area contributed by atoms with Gasteiger partial charge in [0.1, 0.15) is 24.1 Å². The third kappa shape index (κ3) is 7.01. The third-order valence-corrected chi connectivity index (χ3v) is 6.54. The van der Waals surface area contributed by atoms with E-state index in [1.54, 1.807) is 38.1 Å². The highest BCUT2D eigenvalue weighted by Gasteiger charge is 2.30. The molecule has 0 aliphatic heterocycles. The largest absolute Gasteiger partial charge is 0.497 e. The summed E-state index contributed by atoms with van der Waals surface area (Å²) in [5.74, 6) is 0.0620. The molecule has 0 bridgehead atoms. The van der Waals surface area contributed by atoms with Crippen molar-refractivity contribution in [2.75, 3.05) is 37.9 Å². The Kier molecular flexibility index (Phi) is 9.57. The Balaban J connectivity index is 2.42. The maximum Gasteiger partial charge on any atom is 0.244 e. The van der Waals surface area contributed by atoms with Crippen LogP contribution in [0.1, 0.15) is 19.4 Å². The molecule has 1 N–H and O–H groups in total. The maximum atomic E-state index is 13.4. The highest BCUT2D eigenvalue weighted by atomic mass is 35.5. The summed E-state index contributed by atoms with van der Waals surface area (Å²) < 4.78 is 36.5. The summed E-state index contributed by atoms with van der Waals surface area (Å²) >= 11 is 6.18. The van der Waals surface area contributed by atoms with Crippen molar-refractivity contribution >= 4 is 39.1 Å². The van der Waals surface area contributed by atoms with Crippen LogP contribution in [0.25, 0.3) is 0 Å². The van der Waals surface area contributed by atoms with Crippen LogP contribution in [0.4, 0.5) is 5.69 Å². The number of sulfonamides is 1. The molecule has 9 nitrogen and oxygen atoms in total. The number of benzene rings is 2. The summed E-state index contributed by atoms with van der Waals surface area (Å²) in [6.45, 7) is 3.32. The Morgan fingerprint density at radius 3 is 2.38 bits per heavy atom. The smallest absolute Gasteiger partial charge is 0.244 e. The average Bonchev–Trinajstić information content (AvgIpc) is 2.79. The van der Waals surface area contributed by atoms with Crippen LogP contribution in [-0.4, -0.2) is 64.7 Å². The van der Waals surface area contributed by atoms with Gasteiger partial charge in [0.15, 0.2) is 0 Å². The Labute approximate surface area is 205 Å².